The van der Waals surface area contributed by atoms with E-state index in [4.69, 9.17) is 0 Å². The molecule has 5 nitrogen and oxygen atoms in total. The van der Waals surface area contributed by atoms with Gasteiger partial charge in [0.2, 0.25) is 10.0 Å². The van der Waals surface area contributed by atoms with E-state index in [9.17, 15) is 12.8 Å². The van der Waals surface area contributed by atoms with Crippen LogP contribution in [0.2, 0.25) is 0 Å². The third kappa shape index (κ3) is 2.73. The topological polar surface area (TPSA) is 55.2 Å². The van der Waals surface area contributed by atoms with Gasteiger partial charge in [-0.1, -0.05) is 12.1 Å². The van der Waals surface area contributed by atoms with Gasteiger partial charge >= 0.3 is 0 Å². The minimum atomic E-state index is -3.62. The molecule has 0 aliphatic carbocycles. The van der Waals surface area contributed by atoms with Crippen LogP contribution in [-0.4, -0.2) is 29.6 Å². The van der Waals surface area contributed by atoms with Gasteiger partial charge in [0, 0.05) is 26.3 Å². The van der Waals surface area contributed by atoms with Gasteiger partial charge in [-0.05, 0) is 24.6 Å². The van der Waals surface area contributed by atoms with Crippen LogP contribution in [-0.2, 0) is 17.1 Å². The molecule has 7 heteroatoms. The third-order valence-corrected chi connectivity index (χ3v) is 5.14. The van der Waals surface area contributed by atoms with Gasteiger partial charge in [-0.2, -0.15) is 9.40 Å². The molecule has 0 fully saturated rings. The van der Waals surface area contributed by atoms with Crippen LogP contribution in [0.3, 0.4) is 0 Å². The van der Waals surface area contributed by atoms with E-state index < -0.39 is 16.1 Å². The predicted molar refractivity (Wildman–Crippen MR) is 73.0 cm³/mol. The minimum Gasteiger partial charge on any atom is -0.274 e. The van der Waals surface area contributed by atoms with E-state index in [-0.39, 0.29) is 10.7 Å². The van der Waals surface area contributed by atoms with E-state index in [1.54, 1.807) is 26.1 Å². The first-order valence-electron chi connectivity index (χ1n) is 6.04. The second-order valence-corrected chi connectivity index (χ2v) is 6.60. The van der Waals surface area contributed by atoms with Gasteiger partial charge in [-0.25, -0.2) is 12.8 Å². The maximum absolute atomic E-state index is 12.9. The second kappa shape index (κ2) is 5.34. The highest BCUT2D eigenvalue weighted by Crippen LogP contribution is 2.25. The molecule has 1 aromatic carbocycles. The Balaban J connectivity index is 2.30. The van der Waals surface area contributed by atoms with Crippen LogP contribution in [0.4, 0.5) is 4.39 Å². The van der Waals surface area contributed by atoms with Crippen molar-refractivity contribution in [2.45, 2.75) is 17.9 Å². The highest BCUT2D eigenvalue weighted by Gasteiger charge is 2.27. The van der Waals surface area contributed by atoms with Crippen molar-refractivity contribution >= 4 is 10.0 Å². The number of sulfonamides is 1. The molecule has 1 aromatic heterocycles. The Kier molecular flexibility index (Phi) is 3.92. The zero-order valence-electron chi connectivity index (χ0n) is 11.5. The first-order chi connectivity index (χ1) is 9.32. The van der Waals surface area contributed by atoms with Gasteiger partial charge in [0.1, 0.15) is 10.7 Å². The Morgan fingerprint density at radius 3 is 2.40 bits per heavy atom. The standard InChI is InChI=1S/C13H16FN3O2S/c1-10(11-4-6-12(14)7-5-11)17(3)20(18,19)13-8-15-16(2)9-13/h4-10H,1-3H3/t10-/m0/s1. The number of benzene rings is 1. The zero-order valence-corrected chi connectivity index (χ0v) is 12.3. The SMILES string of the molecule is C[C@@H](c1ccc(F)cc1)N(C)S(=O)(=O)c1cnn(C)c1. The quantitative estimate of drug-likeness (QED) is 0.866. The summed E-state index contributed by atoms with van der Waals surface area (Å²) < 4.78 is 40.4. The Hall–Kier alpha value is -1.73. The Morgan fingerprint density at radius 2 is 1.90 bits per heavy atom. The van der Waals surface area contributed by atoms with Gasteiger partial charge in [0.15, 0.2) is 0 Å². The summed E-state index contributed by atoms with van der Waals surface area (Å²) in [6.07, 6.45) is 2.76. The molecule has 0 spiro atoms. The molecule has 0 amide bonds. The lowest BCUT2D eigenvalue weighted by atomic mass is 10.1. The van der Waals surface area contributed by atoms with E-state index in [2.05, 4.69) is 5.10 Å². The Labute approximate surface area is 117 Å². The molecule has 108 valence electrons. The van der Waals surface area contributed by atoms with Crippen molar-refractivity contribution < 1.29 is 12.8 Å². The number of nitrogens with zero attached hydrogens (tertiary/aromatic N) is 3. The lowest BCUT2D eigenvalue weighted by Crippen LogP contribution is -2.29. The van der Waals surface area contributed by atoms with Crippen molar-refractivity contribution in [2.75, 3.05) is 7.05 Å². The Bertz CT molecular complexity index is 695. The van der Waals surface area contributed by atoms with Crippen molar-refractivity contribution in [3.63, 3.8) is 0 Å². The average molecular weight is 297 g/mol. The molecule has 0 aliphatic rings. The van der Waals surface area contributed by atoms with Crippen LogP contribution >= 0.6 is 0 Å². The van der Waals surface area contributed by atoms with E-state index in [1.807, 2.05) is 0 Å². The highest BCUT2D eigenvalue weighted by atomic mass is 32.2. The maximum atomic E-state index is 12.9. The number of halogens is 1. The van der Waals surface area contributed by atoms with Crippen molar-refractivity contribution in [3.05, 3.63) is 48.0 Å². The molecule has 0 radical (unpaired) electrons. The lowest BCUT2D eigenvalue weighted by molar-refractivity contribution is 0.398. The number of aromatic nitrogens is 2. The molecule has 0 saturated heterocycles. The normalized spacial score (nSPS) is 13.7. The van der Waals surface area contributed by atoms with Crippen molar-refractivity contribution in [2.24, 2.45) is 7.05 Å². The number of hydrogen-bond acceptors (Lipinski definition) is 3. The van der Waals surface area contributed by atoms with Crippen molar-refractivity contribution in [3.8, 4) is 0 Å². The summed E-state index contributed by atoms with van der Waals surface area (Å²) in [4.78, 5) is 0.136. The summed E-state index contributed by atoms with van der Waals surface area (Å²) in [5.74, 6) is -0.348. The molecule has 1 atom stereocenters. The molecule has 0 N–H and O–H groups in total. The van der Waals surface area contributed by atoms with Crippen LogP contribution in [0.1, 0.15) is 18.5 Å². The zero-order chi connectivity index (χ0) is 14.9. The van der Waals surface area contributed by atoms with Crippen LogP contribution < -0.4 is 0 Å². The number of rotatable bonds is 4. The fraction of sp³-hybridized carbons (Fsp3) is 0.308. The number of hydrogen-bond donors (Lipinski definition) is 0. The molecule has 0 unspecified atom stereocenters. The van der Waals surface area contributed by atoms with Crippen LogP contribution in [0.5, 0.6) is 0 Å². The van der Waals surface area contributed by atoms with Gasteiger partial charge in [-0.15, -0.1) is 0 Å². The van der Waals surface area contributed by atoms with E-state index >= 15 is 0 Å². The van der Waals surface area contributed by atoms with Gasteiger partial charge in [0.05, 0.1) is 6.20 Å². The first kappa shape index (κ1) is 14.7. The summed E-state index contributed by atoms with van der Waals surface area (Å²) in [7, 11) is -0.468. The third-order valence-electron chi connectivity index (χ3n) is 3.26. The molecular weight excluding hydrogens is 281 g/mol. The molecule has 2 aromatic rings. The van der Waals surface area contributed by atoms with Crippen LogP contribution in [0.25, 0.3) is 0 Å². The summed E-state index contributed by atoms with van der Waals surface area (Å²) in [5.41, 5.74) is 0.723. The monoisotopic (exact) mass is 297 g/mol. The highest BCUT2D eigenvalue weighted by molar-refractivity contribution is 7.89. The molecule has 0 saturated carbocycles. The second-order valence-electron chi connectivity index (χ2n) is 4.60. The molecule has 1 heterocycles. The van der Waals surface area contributed by atoms with E-state index in [0.717, 1.165) is 5.56 Å². The first-order valence-corrected chi connectivity index (χ1v) is 7.48. The van der Waals surface area contributed by atoms with Crippen molar-refractivity contribution in [1.29, 1.82) is 0 Å². The van der Waals surface area contributed by atoms with Gasteiger partial charge in [-0.3, -0.25) is 4.68 Å². The molecule has 0 bridgehead atoms. The van der Waals surface area contributed by atoms with E-state index in [0.29, 0.717) is 0 Å². The largest absolute Gasteiger partial charge is 0.274 e. The number of aryl methyl sites for hydroxylation is 1. The lowest BCUT2D eigenvalue weighted by Gasteiger charge is -2.24. The van der Waals surface area contributed by atoms with Crippen molar-refractivity contribution in [1.82, 2.24) is 14.1 Å². The smallest absolute Gasteiger partial charge is 0.246 e. The maximum Gasteiger partial charge on any atom is 0.246 e. The van der Waals surface area contributed by atoms with Crippen LogP contribution in [0, 0.1) is 5.82 Å². The van der Waals surface area contributed by atoms with Crippen LogP contribution in [0.15, 0.2) is 41.6 Å². The molecule has 2 rings (SSSR count). The molecule has 0 aliphatic heterocycles. The Morgan fingerprint density at radius 1 is 1.30 bits per heavy atom. The summed E-state index contributed by atoms with van der Waals surface area (Å²) >= 11 is 0. The predicted octanol–water partition coefficient (Wildman–Crippen LogP) is 1.94. The summed E-state index contributed by atoms with van der Waals surface area (Å²) in [6.45, 7) is 1.75. The minimum absolute atomic E-state index is 0.136. The summed E-state index contributed by atoms with van der Waals surface area (Å²) in [5, 5.41) is 3.87. The molecule has 20 heavy (non-hydrogen) atoms. The average Bonchev–Trinajstić information content (AvgIpc) is 2.85. The summed E-state index contributed by atoms with van der Waals surface area (Å²) in [6, 6.07) is 5.39. The molecular formula is C13H16FN3O2S. The fourth-order valence-electron chi connectivity index (χ4n) is 1.86. The van der Waals surface area contributed by atoms with E-state index in [1.165, 1.54) is 40.6 Å². The van der Waals surface area contributed by atoms with Gasteiger partial charge in [0.25, 0.3) is 0 Å². The van der Waals surface area contributed by atoms with Gasteiger partial charge < -0.3 is 0 Å². The fourth-order valence-corrected chi connectivity index (χ4v) is 3.19.